The molecule has 0 fully saturated rings. The minimum atomic E-state index is -0.181. The lowest BCUT2D eigenvalue weighted by molar-refractivity contribution is 0.616. The lowest BCUT2D eigenvalue weighted by Crippen LogP contribution is -1.85. The summed E-state index contributed by atoms with van der Waals surface area (Å²) in [5.41, 5.74) is 0. The summed E-state index contributed by atoms with van der Waals surface area (Å²) in [6, 6.07) is 9.57. The van der Waals surface area contributed by atoms with Crippen LogP contribution < -0.4 is 0 Å². The molecule has 0 aliphatic carbocycles. The number of benzene rings is 2. The lowest BCUT2D eigenvalue weighted by atomic mass is 10.1. The average molecular weight is 351 g/mol. The van der Waals surface area contributed by atoms with Gasteiger partial charge in [-0.3, -0.25) is 0 Å². The first-order chi connectivity index (χ1) is 6.20. The molecule has 0 amide bonds. The maximum absolute atomic E-state index is 13.4. The van der Waals surface area contributed by atoms with Gasteiger partial charge in [0.15, 0.2) is 5.82 Å². The predicted molar refractivity (Wildman–Crippen MR) is 64.3 cm³/mol. The second kappa shape index (κ2) is 3.53. The molecular formula is C10H5BrFI. The van der Waals surface area contributed by atoms with E-state index >= 15 is 0 Å². The summed E-state index contributed by atoms with van der Waals surface area (Å²) in [6.45, 7) is 0. The third-order valence-corrected chi connectivity index (χ3v) is 3.44. The van der Waals surface area contributed by atoms with Crippen LogP contribution in [0.15, 0.2) is 34.8 Å². The van der Waals surface area contributed by atoms with Gasteiger partial charge in [0, 0.05) is 0 Å². The Morgan fingerprint density at radius 1 is 1.23 bits per heavy atom. The summed E-state index contributed by atoms with van der Waals surface area (Å²) >= 11 is 5.24. The summed E-state index contributed by atoms with van der Waals surface area (Å²) in [4.78, 5) is 0. The maximum Gasteiger partial charge on any atom is 0.151 e. The second-order valence-electron chi connectivity index (χ2n) is 2.71. The van der Waals surface area contributed by atoms with Crippen LogP contribution in [0.1, 0.15) is 0 Å². The quantitative estimate of drug-likeness (QED) is 0.489. The summed E-state index contributed by atoms with van der Waals surface area (Å²) < 4.78 is 14.6. The molecule has 0 saturated carbocycles. The molecule has 0 aromatic heterocycles. The zero-order valence-electron chi connectivity index (χ0n) is 6.52. The minimum Gasteiger partial charge on any atom is -0.205 e. The van der Waals surface area contributed by atoms with Gasteiger partial charge in [-0.05, 0) is 55.4 Å². The number of fused-ring (bicyclic) bond motifs is 1. The number of hydrogen-bond donors (Lipinski definition) is 0. The van der Waals surface area contributed by atoms with E-state index in [9.17, 15) is 4.39 Å². The summed E-state index contributed by atoms with van der Waals surface area (Å²) in [7, 11) is 0. The molecule has 2 aromatic rings. The largest absolute Gasteiger partial charge is 0.205 e. The Labute approximate surface area is 97.4 Å². The van der Waals surface area contributed by atoms with Crippen LogP contribution in [-0.2, 0) is 0 Å². The molecular weight excluding hydrogens is 346 g/mol. The minimum absolute atomic E-state index is 0.181. The van der Waals surface area contributed by atoms with Gasteiger partial charge in [-0.25, -0.2) is 4.39 Å². The molecule has 0 N–H and O–H groups in total. The molecule has 0 nitrogen and oxygen atoms in total. The van der Waals surface area contributed by atoms with Crippen LogP contribution in [0.5, 0.6) is 0 Å². The Kier molecular flexibility index (Phi) is 2.55. The van der Waals surface area contributed by atoms with Crippen molar-refractivity contribution in [1.29, 1.82) is 0 Å². The molecule has 2 rings (SSSR count). The third-order valence-electron chi connectivity index (χ3n) is 1.88. The van der Waals surface area contributed by atoms with Gasteiger partial charge in [0.2, 0.25) is 0 Å². The van der Waals surface area contributed by atoms with Crippen molar-refractivity contribution in [2.75, 3.05) is 0 Å². The zero-order chi connectivity index (χ0) is 9.42. The van der Waals surface area contributed by atoms with Gasteiger partial charge in [-0.1, -0.05) is 24.3 Å². The fraction of sp³-hybridized carbons (Fsp3) is 0. The van der Waals surface area contributed by atoms with Crippen molar-refractivity contribution in [3.8, 4) is 0 Å². The molecule has 0 radical (unpaired) electrons. The molecule has 0 bridgehead atoms. The van der Waals surface area contributed by atoms with Gasteiger partial charge in [-0.15, -0.1) is 0 Å². The Bertz CT molecular complexity index is 468. The molecule has 3 heteroatoms. The molecule has 0 aliphatic heterocycles. The Morgan fingerprint density at radius 3 is 2.69 bits per heavy atom. The fourth-order valence-corrected chi connectivity index (χ4v) is 2.80. The van der Waals surface area contributed by atoms with E-state index in [4.69, 9.17) is 0 Å². The Balaban J connectivity index is 2.94. The van der Waals surface area contributed by atoms with E-state index in [1.807, 2.05) is 52.9 Å². The van der Waals surface area contributed by atoms with Crippen LogP contribution in [0, 0.1) is 9.39 Å². The molecule has 0 saturated heterocycles. The van der Waals surface area contributed by atoms with Gasteiger partial charge in [-0.2, -0.15) is 0 Å². The predicted octanol–water partition coefficient (Wildman–Crippen LogP) is 4.35. The van der Waals surface area contributed by atoms with Crippen molar-refractivity contribution in [2.45, 2.75) is 0 Å². The SMILES string of the molecule is Fc1c(I)cc2ccccc2c1Br. The fourth-order valence-electron chi connectivity index (χ4n) is 1.25. The molecule has 0 unspecified atom stereocenters. The van der Waals surface area contributed by atoms with Crippen molar-refractivity contribution in [2.24, 2.45) is 0 Å². The van der Waals surface area contributed by atoms with Crippen LogP contribution in [0.2, 0.25) is 0 Å². The molecule has 2 aromatic carbocycles. The van der Waals surface area contributed by atoms with Crippen molar-refractivity contribution in [3.05, 3.63) is 44.2 Å². The van der Waals surface area contributed by atoms with Gasteiger partial charge in [0.05, 0.1) is 8.04 Å². The average Bonchev–Trinajstić information content (AvgIpc) is 2.15. The number of halogens is 3. The van der Waals surface area contributed by atoms with Gasteiger partial charge >= 0.3 is 0 Å². The topological polar surface area (TPSA) is 0 Å². The van der Waals surface area contributed by atoms with Crippen LogP contribution in [0.3, 0.4) is 0 Å². The van der Waals surface area contributed by atoms with Crippen LogP contribution in [0.25, 0.3) is 10.8 Å². The molecule has 0 heterocycles. The van der Waals surface area contributed by atoms with Crippen LogP contribution in [0.4, 0.5) is 4.39 Å². The van der Waals surface area contributed by atoms with Crippen molar-refractivity contribution < 1.29 is 4.39 Å². The molecule has 0 aliphatic rings. The van der Waals surface area contributed by atoms with Crippen molar-refractivity contribution in [1.82, 2.24) is 0 Å². The highest BCUT2D eigenvalue weighted by Gasteiger charge is 2.08. The van der Waals surface area contributed by atoms with Crippen molar-refractivity contribution >= 4 is 49.3 Å². The highest BCUT2D eigenvalue weighted by molar-refractivity contribution is 14.1. The molecule has 13 heavy (non-hydrogen) atoms. The first-order valence-electron chi connectivity index (χ1n) is 3.72. The summed E-state index contributed by atoms with van der Waals surface area (Å²) in [5.74, 6) is -0.181. The van der Waals surface area contributed by atoms with Gasteiger partial charge < -0.3 is 0 Å². The van der Waals surface area contributed by atoms with E-state index in [-0.39, 0.29) is 5.82 Å². The van der Waals surface area contributed by atoms with Crippen LogP contribution >= 0.6 is 38.5 Å². The monoisotopic (exact) mass is 350 g/mol. The highest BCUT2D eigenvalue weighted by Crippen LogP contribution is 2.29. The number of hydrogen-bond acceptors (Lipinski definition) is 0. The second-order valence-corrected chi connectivity index (χ2v) is 4.66. The smallest absolute Gasteiger partial charge is 0.151 e. The van der Waals surface area contributed by atoms with E-state index < -0.39 is 0 Å². The summed E-state index contributed by atoms with van der Waals surface area (Å²) in [6.07, 6.45) is 0. The van der Waals surface area contributed by atoms with E-state index in [1.54, 1.807) is 0 Å². The first kappa shape index (κ1) is 9.40. The van der Waals surface area contributed by atoms with E-state index in [1.165, 1.54) is 0 Å². The molecule has 0 spiro atoms. The van der Waals surface area contributed by atoms with E-state index in [0.29, 0.717) is 8.04 Å². The van der Waals surface area contributed by atoms with Gasteiger partial charge in [0.1, 0.15) is 0 Å². The Hall–Kier alpha value is -0.160. The standard InChI is InChI=1S/C10H5BrFI/c11-9-7-4-2-1-3-6(7)5-8(13)10(9)12/h1-5H. The highest BCUT2D eigenvalue weighted by atomic mass is 127. The van der Waals surface area contributed by atoms with Gasteiger partial charge in [0.25, 0.3) is 0 Å². The Morgan fingerprint density at radius 2 is 1.92 bits per heavy atom. The van der Waals surface area contributed by atoms with Crippen LogP contribution in [-0.4, -0.2) is 0 Å². The molecule has 66 valence electrons. The third kappa shape index (κ3) is 1.59. The van der Waals surface area contributed by atoms with E-state index in [2.05, 4.69) is 15.9 Å². The first-order valence-corrected chi connectivity index (χ1v) is 5.59. The zero-order valence-corrected chi connectivity index (χ0v) is 10.3. The van der Waals surface area contributed by atoms with E-state index in [0.717, 1.165) is 10.8 Å². The molecule has 0 atom stereocenters. The lowest BCUT2D eigenvalue weighted by Gasteiger charge is -2.03. The van der Waals surface area contributed by atoms with Crippen molar-refractivity contribution in [3.63, 3.8) is 0 Å². The maximum atomic E-state index is 13.4. The normalized spacial score (nSPS) is 10.7. The number of rotatable bonds is 0. The summed E-state index contributed by atoms with van der Waals surface area (Å²) in [5, 5.41) is 1.97.